The average molecular weight is 376 g/mol. The van der Waals surface area contributed by atoms with Gasteiger partial charge in [0.15, 0.2) is 0 Å². The number of carbonyl (C=O) groups excluding carboxylic acids is 1. The lowest BCUT2D eigenvalue weighted by Crippen LogP contribution is -2.29. The smallest absolute Gasteiger partial charge is 0.259 e. The number of nitrogens with zero attached hydrogens (tertiary/aromatic N) is 2. The van der Waals surface area contributed by atoms with Gasteiger partial charge in [-0.25, -0.2) is 4.39 Å². The van der Waals surface area contributed by atoms with Crippen LogP contribution in [0.2, 0.25) is 0 Å². The highest BCUT2D eigenvalue weighted by Crippen LogP contribution is 2.43. The lowest BCUT2D eigenvalue weighted by Gasteiger charge is -2.27. The van der Waals surface area contributed by atoms with E-state index in [0.717, 1.165) is 11.1 Å². The summed E-state index contributed by atoms with van der Waals surface area (Å²) in [5.41, 5.74) is 3.90. The maximum absolute atomic E-state index is 14.8. The van der Waals surface area contributed by atoms with Gasteiger partial charge in [-0.3, -0.25) is 14.7 Å². The molecule has 2 N–H and O–H groups in total. The first-order valence-corrected chi connectivity index (χ1v) is 9.23. The molecule has 5 nitrogen and oxygen atoms in total. The minimum atomic E-state index is -0.412. The Kier molecular flexibility index (Phi) is 4.69. The SMILES string of the molecule is CCNc1cc(N2C(=O)c3ccccc3C2c2cccnc2)cc(F)c1NC. The molecule has 0 spiro atoms. The molecule has 0 saturated carbocycles. The Morgan fingerprint density at radius 2 is 2.00 bits per heavy atom. The fraction of sp³-hybridized carbons (Fsp3) is 0.182. The molecule has 2 heterocycles. The molecule has 0 bridgehead atoms. The van der Waals surface area contributed by atoms with Crippen molar-refractivity contribution >= 4 is 23.0 Å². The van der Waals surface area contributed by atoms with E-state index in [2.05, 4.69) is 15.6 Å². The van der Waals surface area contributed by atoms with Crippen molar-refractivity contribution in [3.8, 4) is 0 Å². The van der Waals surface area contributed by atoms with Crippen LogP contribution in [0.25, 0.3) is 0 Å². The van der Waals surface area contributed by atoms with Crippen LogP contribution in [0.1, 0.15) is 34.5 Å². The zero-order chi connectivity index (χ0) is 19.7. The summed E-state index contributed by atoms with van der Waals surface area (Å²) >= 11 is 0. The minimum absolute atomic E-state index is 0.150. The largest absolute Gasteiger partial charge is 0.384 e. The summed E-state index contributed by atoms with van der Waals surface area (Å²) in [4.78, 5) is 19.1. The van der Waals surface area contributed by atoms with E-state index in [4.69, 9.17) is 0 Å². The number of carbonyl (C=O) groups is 1. The second kappa shape index (κ2) is 7.31. The lowest BCUT2D eigenvalue weighted by molar-refractivity contribution is 0.0993. The molecule has 1 amide bonds. The fourth-order valence-corrected chi connectivity index (χ4v) is 3.76. The number of nitrogens with one attached hydrogen (secondary N) is 2. The highest BCUT2D eigenvalue weighted by atomic mass is 19.1. The maximum Gasteiger partial charge on any atom is 0.259 e. The van der Waals surface area contributed by atoms with E-state index < -0.39 is 5.82 Å². The van der Waals surface area contributed by atoms with E-state index >= 15 is 0 Å². The average Bonchev–Trinajstić information content (AvgIpc) is 3.01. The quantitative estimate of drug-likeness (QED) is 0.691. The summed E-state index contributed by atoms with van der Waals surface area (Å²) in [6.07, 6.45) is 3.44. The maximum atomic E-state index is 14.8. The molecule has 4 rings (SSSR count). The van der Waals surface area contributed by atoms with Gasteiger partial charge in [0.05, 0.1) is 23.1 Å². The van der Waals surface area contributed by atoms with Crippen molar-refractivity contribution in [1.29, 1.82) is 0 Å². The number of fused-ring (bicyclic) bond motifs is 1. The summed E-state index contributed by atoms with van der Waals surface area (Å²) in [7, 11) is 1.67. The fourth-order valence-electron chi connectivity index (χ4n) is 3.76. The highest BCUT2D eigenvalue weighted by Gasteiger charge is 2.39. The van der Waals surface area contributed by atoms with E-state index in [-0.39, 0.29) is 11.9 Å². The van der Waals surface area contributed by atoms with Gasteiger partial charge >= 0.3 is 0 Å². The zero-order valence-corrected chi connectivity index (χ0v) is 15.7. The predicted octanol–water partition coefficient (Wildman–Crippen LogP) is 4.44. The molecule has 142 valence electrons. The van der Waals surface area contributed by atoms with E-state index in [0.29, 0.717) is 29.2 Å². The van der Waals surface area contributed by atoms with Crippen molar-refractivity contribution in [3.05, 3.63) is 83.4 Å². The number of hydrogen-bond acceptors (Lipinski definition) is 4. The van der Waals surface area contributed by atoms with Gasteiger partial charge in [-0.05, 0) is 42.3 Å². The van der Waals surface area contributed by atoms with Crippen molar-refractivity contribution < 1.29 is 9.18 Å². The summed E-state index contributed by atoms with van der Waals surface area (Å²) in [5, 5.41) is 6.06. The van der Waals surface area contributed by atoms with Gasteiger partial charge in [0, 0.05) is 31.5 Å². The minimum Gasteiger partial charge on any atom is -0.384 e. The molecule has 0 radical (unpaired) electrons. The molecule has 1 aromatic heterocycles. The van der Waals surface area contributed by atoms with Crippen LogP contribution in [0, 0.1) is 5.82 Å². The van der Waals surface area contributed by atoms with Crippen molar-refractivity contribution in [3.63, 3.8) is 0 Å². The van der Waals surface area contributed by atoms with Gasteiger partial charge in [0.2, 0.25) is 0 Å². The highest BCUT2D eigenvalue weighted by molar-refractivity contribution is 6.12. The molecule has 2 aromatic carbocycles. The lowest BCUT2D eigenvalue weighted by atomic mass is 9.99. The van der Waals surface area contributed by atoms with E-state index in [1.165, 1.54) is 6.07 Å². The summed E-state index contributed by atoms with van der Waals surface area (Å²) < 4.78 is 14.8. The Labute approximate surface area is 163 Å². The molecule has 3 aromatic rings. The Morgan fingerprint density at radius 3 is 2.71 bits per heavy atom. The van der Waals surface area contributed by atoms with Crippen LogP contribution >= 0.6 is 0 Å². The van der Waals surface area contributed by atoms with Gasteiger partial charge in [-0.2, -0.15) is 0 Å². The van der Waals surface area contributed by atoms with Crippen molar-refractivity contribution in [1.82, 2.24) is 4.98 Å². The number of rotatable bonds is 5. The third-order valence-electron chi connectivity index (χ3n) is 4.93. The molecular weight excluding hydrogens is 355 g/mol. The molecule has 0 fully saturated rings. The predicted molar refractivity (Wildman–Crippen MR) is 109 cm³/mol. The number of aromatic nitrogens is 1. The van der Waals surface area contributed by atoms with E-state index in [1.807, 2.05) is 49.4 Å². The van der Waals surface area contributed by atoms with Gasteiger partial charge in [-0.15, -0.1) is 0 Å². The number of hydrogen-bond donors (Lipinski definition) is 2. The normalized spacial score (nSPS) is 15.5. The second-order valence-electron chi connectivity index (χ2n) is 6.58. The van der Waals surface area contributed by atoms with Crippen LogP contribution in [-0.4, -0.2) is 24.5 Å². The standard InChI is InChI=1S/C22H21FN4O/c1-3-26-19-12-15(11-18(23)20(19)24-2)27-21(14-7-6-10-25-13-14)16-8-4-5-9-17(16)22(27)28/h4-13,21,24,26H,3H2,1-2H3. The number of amides is 1. The van der Waals surface area contributed by atoms with E-state index in [9.17, 15) is 9.18 Å². The van der Waals surface area contributed by atoms with Crippen LogP contribution < -0.4 is 15.5 Å². The molecule has 6 heteroatoms. The summed E-state index contributed by atoms with van der Waals surface area (Å²) in [6.45, 7) is 2.58. The van der Waals surface area contributed by atoms with Gasteiger partial charge in [0.1, 0.15) is 5.82 Å². The third-order valence-corrected chi connectivity index (χ3v) is 4.93. The van der Waals surface area contributed by atoms with E-state index in [1.54, 1.807) is 24.3 Å². The van der Waals surface area contributed by atoms with Gasteiger partial charge in [0.25, 0.3) is 5.91 Å². The Bertz CT molecular complexity index is 1020. The summed E-state index contributed by atoms with van der Waals surface area (Å²) in [5.74, 6) is -0.562. The topological polar surface area (TPSA) is 57.3 Å². The number of pyridine rings is 1. The molecule has 1 unspecified atom stereocenters. The van der Waals surface area contributed by atoms with Gasteiger partial charge < -0.3 is 10.6 Å². The Balaban J connectivity index is 1.90. The second-order valence-corrected chi connectivity index (χ2v) is 6.58. The van der Waals surface area contributed by atoms with Crippen molar-refractivity contribution in [2.24, 2.45) is 0 Å². The summed E-state index contributed by atoms with van der Waals surface area (Å²) in [6, 6.07) is 14.1. The first-order chi connectivity index (χ1) is 13.7. The van der Waals surface area contributed by atoms with Gasteiger partial charge in [-0.1, -0.05) is 24.3 Å². The van der Waals surface area contributed by atoms with Crippen LogP contribution in [0.5, 0.6) is 0 Å². The van der Waals surface area contributed by atoms with Crippen molar-refractivity contribution in [2.45, 2.75) is 13.0 Å². The van der Waals surface area contributed by atoms with Crippen LogP contribution in [-0.2, 0) is 0 Å². The Morgan fingerprint density at radius 1 is 1.18 bits per heavy atom. The molecule has 1 aliphatic heterocycles. The molecule has 1 atom stereocenters. The first-order valence-electron chi connectivity index (χ1n) is 9.23. The number of halogens is 1. The molecule has 0 aliphatic carbocycles. The Hall–Kier alpha value is -3.41. The molecule has 28 heavy (non-hydrogen) atoms. The molecule has 1 aliphatic rings. The van der Waals surface area contributed by atoms with Crippen LogP contribution in [0.15, 0.2) is 60.9 Å². The van der Waals surface area contributed by atoms with Crippen LogP contribution in [0.4, 0.5) is 21.5 Å². The molecular formula is C22H21FN4O. The molecule has 0 saturated heterocycles. The first kappa shape index (κ1) is 18.0. The van der Waals surface area contributed by atoms with Crippen molar-refractivity contribution in [2.75, 3.05) is 29.1 Å². The monoisotopic (exact) mass is 376 g/mol. The van der Waals surface area contributed by atoms with Crippen LogP contribution in [0.3, 0.4) is 0 Å². The number of anilines is 3. The zero-order valence-electron chi connectivity index (χ0n) is 15.7. The third kappa shape index (κ3) is 2.87. The number of benzene rings is 2.